The second kappa shape index (κ2) is 8.17. The van der Waals surface area contributed by atoms with Crippen molar-refractivity contribution in [2.75, 3.05) is 5.32 Å². The van der Waals surface area contributed by atoms with E-state index in [2.05, 4.69) is 10.6 Å². The maximum Gasteiger partial charge on any atom is 0.239 e. The number of hydrogen-bond donors (Lipinski definition) is 2. The van der Waals surface area contributed by atoms with Crippen molar-refractivity contribution in [2.45, 2.75) is 47.1 Å². The molecule has 138 valence electrons. The summed E-state index contributed by atoms with van der Waals surface area (Å²) in [5.74, 6) is -0.600. The van der Waals surface area contributed by atoms with Crippen LogP contribution in [-0.4, -0.2) is 11.8 Å². The maximum atomic E-state index is 12.8. The number of rotatable bonds is 6. The van der Waals surface area contributed by atoms with Gasteiger partial charge in [0, 0.05) is 5.69 Å². The quantitative estimate of drug-likeness (QED) is 0.757. The summed E-state index contributed by atoms with van der Waals surface area (Å²) < 4.78 is 0. The van der Waals surface area contributed by atoms with Crippen LogP contribution in [0.25, 0.3) is 0 Å². The van der Waals surface area contributed by atoms with Crippen molar-refractivity contribution in [2.24, 2.45) is 5.41 Å². The highest BCUT2D eigenvalue weighted by Crippen LogP contribution is 2.26. The van der Waals surface area contributed by atoms with Crippen molar-refractivity contribution in [3.63, 3.8) is 0 Å². The Labute approximate surface area is 156 Å². The minimum Gasteiger partial charge on any atom is -0.349 e. The second-order valence-corrected chi connectivity index (χ2v) is 7.15. The van der Waals surface area contributed by atoms with E-state index in [9.17, 15) is 9.59 Å². The van der Waals surface area contributed by atoms with E-state index in [0.29, 0.717) is 0 Å². The van der Waals surface area contributed by atoms with E-state index in [1.54, 1.807) is 13.8 Å². The predicted octanol–water partition coefficient (Wildman–Crippen LogP) is 4.40. The van der Waals surface area contributed by atoms with Gasteiger partial charge in [-0.25, -0.2) is 0 Å². The third-order valence-corrected chi connectivity index (χ3v) is 4.76. The first-order chi connectivity index (χ1) is 12.3. The molecule has 2 rings (SSSR count). The summed E-state index contributed by atoms with van der Waals surface area (Å²) in [6.45, 7) is 9.22. The molecular formula is C22H28N2O2. The van der Waals surface area contributed by atoms with Gasteiger partial charge in [0.2, 0.25) is 11.8 Å². The number of benzene rings is 2. The molecule has 4 heteroatoms. The van der Waals surface area contributed by atoms with Gasteiger partial charge in [-0.1, -0.05) is 55.5 Å². The highest BCUT2D eigenvalue weighted by atomic mass is 16.2. The second-order valence-electron chi connectivity index (χ2n) is 7.15. The van der Waals surface area contributed by atoms with Gasteiger partial charge in [0.25, 0.3) is 0 Å². The molecule has 0 aliphatic rings. The number of aryl methyl sites for hydroxylation is 2. The number of hydrogen-bond acceptors (Lipinski definition) is 2. The Kier molecular flexibility index (Phi) is 6.19. The van der Waals surface area contributed by atoms with Gasteiger partial charge in [-0.15, -0.1) is 0 Å². The van der Waals surface area contributed by atoms with E-state index >= 15 is 0 Å². The summed E-state index contributed by atoms with van der Waals surface area (Å²) in [6, 6.07) is 15.5. The lowest BCUT2D eigenvalue weighted by Gasteiger charge is -2.26. The third-order valence-electron chi connectivity index (χ3n) is 4.76. The van der Waals surface area contributed by atoms with Gasteiger partial charge in [0.1, 0.15) is 5.41 Å². The SMILES string of the molecule is CCc1cccc(C)c1NC(=O)C(C)(C)C(=O)NC(C)c1ccccc1. The maximum absolute atomic E-state index is 12.8. The molecule has 1 atom stereocenters. The summed E-state index contributed by atoms with van der Waals surface area (Å²) in [5, 5.41) is 5.91. The van der Waals surface area contributed by atoms with Gasteiger partial charge in [-0.2, -0.15) is 0 Å². The minimum absolute atomic E-state index is 0.166. The zero-order valence-corrected chi connectivity index (χ0v) is 16.2. The summed E-state index contributed by atoms with van der Waals surface area (Å²) in [5.41, 5.74) is 2.68. The molecule has 2 N–H and O–H groups in total. The number of carbonyl (C=O) groups is 2. The monoisotopic (exact) mass is 352 g/mol. The first-order valence-electron chi connectivity index (χ1n) is 9.03. The first-order valence-corrected chi connectivity index (χ1v) is 9.03. The summed E-state index contributed by atoms with van der Waals surface area (Å²) in [4.78, 5) is 25.6. The van der Waals surface area contributed by atoms with Crippen LogP contribution in [0.15, 0.2) is 48.5 Å². The standard InChI is InChI=1S/C22H28N2O2/c1-6-17-14-10-11-15(2)19(17)24-21(26)22(4,5)20(25)23-16(3)18-12-8-7-9-13-18/h7-14,16H,6H2,1-5H3,(H,23,25)(H,24,26). The van der Waals surface area contributed by atoms with Crippen molar-refractivity contribution in [1.29, 1.82) is 0 Å². The Balaban J connectivity index is 2.13. The smallest absolute Gasteiger partial charge is 0.239 e. The van der Waals surface area contributed by atoms with Crippen molar-refractivity contribution in [3.05, 3.63) is 65.2 Å². The molecule has 0 saturated heterocycles. The Morgan fingerprint density at radius 2 is 1.65 bits per heavy atom. The van der Waals surface area contributed by atoms with E-state index in [0.717, 1.165) is 28.8 Å². The minimum atomic E-state index is -1.18. The molecule has 1 unspecified atom stereocenters. The van der Waals surface area contributed by atoms with Crippen LogP contribution in [0.4, 0.5) is 5.69 Å². The van der Waals surface area contributed by atoms with Gasteiger partial charge < -0.3 is 10.6 Å². The van der Waals surface area contributed by atoms with Gasteiger partial charge in [0.05, 0.1) is 6.04 Å². The molecule has 0 spiro atoms. The van der Waals surface area contributed by atoms with Crippen LogP contribution in [0, 0.1) is 12.3 Å². The number of carbonyl (C=O) groups excluding carboxylic acids is 2. The van der Waals surface area contributed by atoms with Crippen LogP contribution in [0.5, 0.6) is 0 Å². The van der Waals surface area contributed by atoms with Gasteiger partial charge in [0.15, 0.2) is 0 Å². The van der Waals surface area contributed by atoms with Gasteiger partial charge in [-0.05, 0) is 50.8 Å². The zero-order chi connectivity index (χ0) is 19.3. The van der Waals surface area contributed by atoms with Crippen LogP contribution in [0.2, 0.25) is 0 Å². The highest BCUT2D eigenvalue weighted by molar-refractivity contribution is 6.10. The van der Waals surface area contributed by atoms with Crippen molar-refractivity contribution in [1.82, 2.24) is 5.32 Å². The van der Waals surface area contributed by atoms with E-state index in [1.165, 1.54) is 0 Å². The Hall–Kier alpha value is -2.62. The average molecular weight is 352 g/mol. The fraction of sp³-hybridized carbons (Fsp3) is 0.364. The van der Waals surface area contributed by atoms with Gasteiger partial charge >= 0.3 is 0 Å². The van der Waals surface area contributed by atoms with Crippen LogP contribution < -0.4 is 10.6 Å². The normalized spacial score (nSPS) is 12.3. The van der Waals surface area contributed by atoms with E-state index in [-0.39, 0.29) is 17.9 Å². The predicted molar refractivity (Wildman–Crippen MR) is 106 cm³/mol. The topological polar surface area (TPSA) is 58.2 Å². The van der Waals surface area contributed by atoms with Crippen LogP contribution in [0.1, 0.15) is 50.4 Å². The Bertz CT molecular complexity index is 782. The highest BCUT2D eigenvalue weighted by Gasteiger charge is 2.37. The number of nitrogens with one attached hydrogen (secondary N) is 2. The lowest BCUT2D eigenvalue weighted by Crippen LogP contribution is -2.46. The van der Waals surface area contributed by atoms with Gasteiger partial charge in [-0.3, -0.25) is 9.59 Å². The van der Waals surface area contributed by atoms with Crippen molar-refractivity contribution < 1.29 is 9.59 Å². The fourth-order valence-corrected chi connectivity index (χ4v) is 2.78. The molecule has 0 radical (unpaired) electrons. The van der Waals surface area contributed by atoms with E-state index in [4.69, 9.17) is 0 Å². The molecule has 2 aromatic rings. The molecule has 26 heavy (non-hydrogen) atoms. The van der Waals surface area contributed by atoms with Crippen molar-refractivity contribution >= 4 is 17.5 Å². The number of para-hydroxylation sites is 1. The molecule has 0 aromatic heterocycles. The van der Waals surface area contributed by atoms with Crippen LogP contribution >= 0.6 is 0 Å². The molecule has 4 nitrogen and oxygen atoms in total. The van der Waals surface area contributed by atoms with Crippen molar-refractivity contribution in [3.8, 4) is 0 Å². The molecule has 0 fully saturated rings. The number of anilines is 1. The lowest BCUT2D eigenvalue weighted by molar-refractivity contribution is -0.138. The molecule has 0 aliphatic heterocycles. The first kappa shape index (κ1) is 19.7. The molecular weight excluding hydrogens is 324 g/mol. The lowest BCUT2D eigenvalue weighted by atomic mass is 9.89. The van der Waals surface area contributed by atoms with E-state index in [1.807, 2.05) is 69.3 Å². The van der Waals surface area contributed by atoms with Crippen LogP contribution in [-0.2, 0) is 16.0 Å². The molecule has 2 amide bonds. The largest absolute Gasteiger partial charge is 0.349 e. The summed E-state index contributed by atoms with van der Waals surface area (Å²) >= 11 is 0. The molecule has 0 heterocycles. The van der Waals surface area contributed by atoms with Crippen LogP contribution in [0.3, 0.4) is 0 Å². The third kappa shape index (κ3) is 4.31. The van der Waals surface area contributed by atoms with E-state index < -0.39 is 5.41 Å². The number of amides is 2. The Morgan fingerprint density at radius 3 is 2.27 bits per heavy atom. The Morgan fingerprint density at radius 1 is 1.00 bits per heavy atom. The average Bonchev–Trinajstić information content (AvgIpc) is 2.63. The molecule has 0 aliphatic carbocycles. The zero-order valence-electron chi connectivity index (χ0n) is 16.2. The fourth-order valence-electron chi connectivity index (χ4n) is 2.78. The summed E-state index contributed by atoms with van der Waals surface area (Å²) in [6.07, 6.45) is 0.814. The molecule has 2 aromatic carbocycles. The molecule has 0 bridgehead atoms. The summed E-state index contributed by atoms with van der Waals surface area (Å²) in [7, 11) is 0. The molecule has 0 saturated carbocycles.